The van der Waals surface area contributed by atoms with Gasteiger partial charge in [-0.1, -0.05) is 34.1 Å². The maximum Gasteiger partial charge on any atom is 0.0220 e. The molecule has 0 aliphatic heterocycles. The molecule has 0 saturated carbocycles. The highest BCUT2D eigenvalue weighted by Crippen LogP contribution is 2.15. The molecule has 0 aliphatic carbocycles. The van der Waals surface area contributed by atoms with Crippen molar-refractivity contribution >= 4 is 15.9 Å². The van der Waals surface area contributed by atoms with Gasteiger partial charge in [0.2, 0.25) is 0 Å². The zero-order chi connectivity index (χ0) is 9.68. The van der Waals surface area contributed by atoms with Crippen LogP contribution in [-0.4, -0.2) is 12.6 Å². The van der Waals surface area contributed by atoms with Crippen molar-refractivity contribution in [3.63, 3.8) is 0 Å². The summed E-state index contributed by atoms with van der Waals surface area (Å²) in [6.45, 7) is 3.61. The fourth-order valence-corrected chi connectivity index (χ4v) is 1.43. The van der Waals surface area contributed by atoms with Gasteiger partial charge in [0.05, 0.1) is 0 Å². The number of hydrogen-bond acceptors (Lipinski definition) is 2. The average molecular weight is 243 g/mol. The van der Waals surface area contributed by atoms with Gasteiger partial charge in [-0.3, -0.25) is 0 Å². The lowest BCUT2D eigenvalue weighted by atomic mass is 10.2. The molecule has 0 radical (unpaired) electrons. The molecule has 1 rings (SSSR count). The largest absolute Gasteiger partial charge is 0.329 e. The van der Waals surface area contributed by atoms with Gasteiger partial charge in [-0.15, -0.1) is 0 Å². The third kappa shape index (κ3) is 3.46. The number of benzene rings is 1. The molecule has 2 nitrogen and oxygen atoms in total. The number of nitrogens with one attached hydrogen (secondary N) is 1. The van der Waals surface area contributed by atoms with Crippen molar-refractivity contribution in [3.05, 3.63) is 34.3 Å². The SMILES string of the molecule is C[C@H](CN)NCc1ccccc1Br. The van der Waals surface area contributed by atoms with Crippen molar-refractivity contribution in [2.45, 2.75) is 19.5 Å². The molecule has 0 amide bonds. The summed E-state index contributed by atoms with van der Waals surface area (Å²) in [4.78, 5) is 0. The van der Waals surface area contributed by atoms with Crippen molar-refractivity contribution in [3.8, 4) is 0 Å². The molecule has 0 heterocycles. The van der Waals surface area contributed by atoms with E-state index in [2.05, 4.69) is 34.2 Å². The van der Waals surface area contributed by atoms with Gasteiger partial charge in [-0.05, 0) is 18.6 Å². The third-order valence-electron chi connectivity index (χ3n) is 1.95. The van der Waals surface area contributed by atoms with Crippen LogP contribution >= 0.6 is 15.9 Å². The van der Waals surface area contributed by atoms with Crippen molar-refractivity contribution in [1.82, 2.24) is 5.32 Å². The van der Waals surface area contributed by atoms with Gasteiger partial charge in [0.25, 0.3) is 0 Å². The second-order valence-electron chi connectivity index (χ2n) is 3.11. The Kier molecular flexibility index (Phi) is 4.42. The normalized spacial score (nSPS) is 12.8. The highest BCUT2D eigenvalue weighted by molar-refractivity contribution is 9.10. The minimum absolute atomic E-state index is 0.368. The van der Waals surface area contributed by atoms with E-state index in [1.165, 1.54) is 5.56 Å². The monoisotopic (exact) mass is 242 g/mol. The van der Waals surface area contributed by atoms with Crippen LogP contribution in [0.4, 0.5) is 0 Å². The summed E-state index contributed by atoms with van der Waals surface area (Å²) >= 11 is 3.50. The molecular weight excluding hydrogens is 228 g/mol. The lowest BCUT2D eigenvalue weighted by Gasteiger charge is -2.11. The van der Waals surface area contributed by atoms with Crippen LogP contribution in [0.3, 0.4) is 0 Å². The summed E-state index contributed by atoms with van der Waals surface area (Å²) in [6.07, 6.45) is 0. The van der Waals surface area contributed by atoms with Gasteiger partial charge >= 0.3 is 0 Å². The molecule has 72 valence electrons. The standard InChI is InChI=1S/C10H15BrN2/c1-8(6-12)13-7-9-4-2-3-5-10(9)11/h2-5,8,13H,6-7,12H2,1H3/t8-/m1/s1. The molecule has 13 heavy (non-hydrogen) atoms. The predicted molar refractivity (Wildman–Crippen MR) is 59.5 cm³/mol. The molecule has 0 unspecified atom stereocenters. The van der Waals surface area contributed by atoms with E-state index in [0.29, 0.717) is 12.6 Å². The number of nitrogens with two attached hydrogens (primary N) is 1. The maximum absolute atomic E-state index is 5.50. The summed E-state index contributed by atoms with van der Waals surface area (Å²) < 4.78 is 1.15. The second kappa shape index (κ2) is 5.37. The Morgan fingerprint density at radius 2 is 2.15 bits per heavy atom. The Morgan fingerprint density at radius 1 is 1.46 bits per heavy atom. The lowest BCUT2D eigenvalue weighted by molar-refractivity contribution is 0.555. The number of hydrogen-bond donors (Lipinski definition) is 2. The highest BCUT2D eigenvalue weighted by atomic mass is 79.9. The molecule has 0 fully saturated rings. The lowest BCUT2D eigenvalue weighted by Crippen LogP contribution is -2.32. The van der Waals surface area contributed by atoms with Gasteiger partial charge < -0.3 is 11.1 Å². The summed E-state index contributed by atoms with van der Waals surface area (Å²) in [5.74, 6) is 0. The molecule has 0 spiro atoms. The molecular formula is C10H15BrN2. The van der Waals surface area contributed by atoms with Crippen molar-refractivity contribution in [2.75, 3.05) is 6.54 Å². The molecule has 0 saturated heterocycles. The van der Waals surface area contributed by atoms with Gasteiger partial charge in [0, 0.05) is 23.6 Å². The van der Waals surface area contributed by atoms with Crippen molar-refractivity contribution in [2.24, 2.45) is 5.73 Å². The molecule has 1 atom stereocenters. The Labute approximate surface area is 87.6 Å². The van der Waals surface area contributed by atoms with Gasteiger partial charge in [-0.2, -0.15) is 0 Å². The first-order valence-electron chi connectivity index (χ1n) is 4.41. The molecule has 1 aromatic rings. The van der Waals surface area contributed by atoms with Crippen molar-refractivity contribution in [1.29, 1.82) is 0 Å². The van der Waals surface area contributed by atoms with Crippen LogP contribution in [-0.2, 0) is 6.54 Å². The molecule has 3 heteroatoms. The Hall–Kier alpha value is -0.380. The number of halogens is 1. The molecule has 1 aromatic carbocycles. The molecule has 0 aliphatic rings. The smallest absolute Gasteiger partial charge is 0.0220 e. The second-order valence-corrected chi connectivity index (χ2v) is 3.96. The summed E-state index contributed by atoms with van der Waals surface area (Å²) in [5, 5.41) is 3.33. The van der Waals surface area contributed by atoms with Gasteiger partial charge in [0.1, 0.15) is 0 Å². The first kappa shape index (κ1) is 10.7. The Balaban J connectivity index is 2.50. The van der Waals surface area contributed by atoms with E-state index in [4.69, 9.17) is 5.73 Å². The predicted octanol–water partition coefficient (Wildman–Crippen LogP) is 1.89. The van der Waals surface area contributed by atoms with E-state index in [1.54, 1.807) is 0 Å². The zero-order valence-corrected chi connectivity index (χ0v) is 9.34. The Bertz CT molecular complexity index is 263. The minimum atomic E-state index is 0.368. The zero-order valence-electron chi connectivity index (χ0n) is 7.76. The number of rotatable bonds is 4. The molecule has 0 aromatic heterocycles. The third-order valence-corrected chi connectivity index (χ3v) is 2.73. The van der Waals surface area contributed by atoms with Gasteiger partial charge in [0.15, 0.2) is 0 Å². The minimum Gasteiger partial charge on any atom is -0.329 e. The van der Waals surface area contributed by atoms with Crippen LogP contribution < -0.4 is 11.1 Å². The summed E-state index contributed by atoms with van der Waals surface area (Å²) in [6, 6.07) is 8.56. The van der Waals surface area contributed by atoms with E-state index in [0.717, 1.165) is 11.0 Å². The first-order valence-corrected chi connectivity index (χ1v) is 5.20. The van der Waals surface area contributed by atoms with Crippen LogP contribution in [0.5, 0.6) is 0 Å². The van der Waals surface area contributed by atoms with E-state index < -0.39 is 0 Å². The Morgan fingerprint density at radius 3 is 2.77 bits per heavy atom. The van der Waals surface area contributed by atoms with Crippen LogP contribution in [0.15, 0.2) is 28.7 Å². The van der Waals surface area contributed by atoms with Crippen LogP contribution in [0, 0.1) is 0 Å². The van der Waals surface area contributed by atoms with Crippen molar-refractivity contribution < 1.29 is 0 Å². The van der Waals surface area contributed by atoms with E-state index in [1.807, 2.05) is 18.2 Å². The van der Waals surface area contributed by atoms with E-state index in [9.17, 15) is 0 Å². The van der Waals surface area contributed by atoms with Gasteiger partial charge in [-0.25, -0.2) is 0 Å². The molecule has 3 N–H and O–H groups in total. The quantitative estimate of drug-likeness (QED) is 0.847. The summed E-state index contributed by atoms with van der Waals surface area (Å²) in [7, 11) is 0. The topological polar surface area (TPSA) is 38.0 Å². The van der Waals surface area contributed by atoms with Crippen LogP contribution in [0.25, 0.3) is 0 Å². The fourth-order valence-electron chi connectivity index (χ4n) is 1.01. The van der Waals surface area contributed by atoms with Crippen LogP contribution in [0.1, 0.15) is 12.5 Å². The van der Waals surface area contributed by atoms with E-state index in [-0.39, 0.29) is 0 Å². The molecule has 0 bridgehead atoms. The average Bonchev–Trinajstić information content (AvgIpc) is 2.16. The first-order chi connectivity index (χ1) is 6.24. The maximum atomic E-state index is 5.50. The van der Waals surface area contributed by atoms with E-state index >= 15 is 0 Å². The fraction of sp³-hybridized carbons (Fsp3) is 0.400. The summed E-state index contributed by atoms with van der Waals surface area (Å²) in [5.41, 5.74) is 6.77. The highest BCUT2D eigenvalue weighted by Gasteiger charge is 2.00. The van der Waals surface area contributed by atoms with Crippen LogP contribution in [0.2, 0.25) is 0 Å².